The maximum absolute atomic E-state index is 13.0. The van der Waals surface area contributed by atoms with Gasteiger partial charge in [-0.3, -0.25) is 9.63 Å². The quantitative estimate of drug-likeness (QED) is 0.486. The van der Waals surface area contributed by atoms with E-state index < -0.39 is 0 Å². The zero-order valence-corrected chi connectivity index (χ0v) is 16.6. The van der Waals surface area contributed by atoms with Crippen molar-refractivity contribution < 1.29 is 14.4 Å². The van der Waals surface area contributed by atoms with Crippen LogP contribution >= 0.6 is 15.9 Å². The third-order valence-corrected chi connectivity index (χ3v) is 4.56. The van der Waals surface area contributed by atoms with E-state index in [1.165, 1.54) is 5.06 Å². The van der Waals surface area contributed by atoms with Crippen molar-refractivity contribution in [2.75, 3.05) is 7.11 Å². The predicted octanol–water partition coefficient (Wildman–Crippen LogP) is 5.23. The lowest BCUT2D eigenvalue weighted by molar-refractivity contribution is -0.140. The largest absolute Gasteiger partial charge is 0.497 e. The molecule has 0 N–H and O–H groups in total. The van der Waals surface area contributed by atoms with Gasteiger partial charge in [0.2, 0.25) is 0 Å². The summed E-state index contributed by atoms with van der Waals surface area (Å²) < 4.78 is 6.15. The molecule has 0 spiro atoms. The molecule has 1 amide bonds. The normalized spacial score (nSPS) is 10.4. The predicted molar refractivity (Wildman–Crippen MR) is 108 cm³/mol. The number of carbonyl (C=O) groups excluding carboxylic acids is 1. The summed E-state index contributed by atoms with van der Waals surface area (Å²) in [5, 5.41) is 1.40. The number of amides is 1. The van der Waals surface area contributed by atoms with Gasteiger partial charge in [-0.05, 0) is 47.5 Å². The molecule has 4 nitrogen and oxygen atoms in total. The van der Waals surface area contributed by atoms with Crippen molar-refractivity contribution in [3.05, 3.63) is 100 Å². The van der Waals surface area contributed by atoms with E-state index in [4.69, 9.17) is 9.57 Å². The molecule has 5 heteroatoms. The molecule has 0 fully saturated rings. The van der Waals surface area contributed by atoms with Crippen LogP contribution in [0.4, 0.5) is 0 Å². The number of ether oxygens (including phenoxy) is 1. The summed E-state index contributed by atoms with van der Waals surface area (Å²) in [5.41, 5.74) is 2.52. The summed E-state index contributed by atoms with van der Waals surface area (Å²) in [6.07, 6.45) is 0. The molecule has 27 heavy (non-hydrogen) atoms. The first-order valence-corrected chi connectivity index (χ1v) is 9.32. The van der Waals surface area contributed by atoms with E-state index in [1.54, 1.807) is 31.4 Å². The summed E-state index contributed by atoms with van der Waals surface area (Å²) in [5.74, 6) is 0.507. The van der Waals surface area contributed by atoms with Gasteiger partial charge in [0.05, 0.1) is 13.7 Å². The first kappa shape index (κ1) is 19.1. The summed E-state index contributed by atoms with van der Waals surface area (Å²) in [6.45, 7) is 0.671. The highest BCUT2D eigenvalue weighted by Gasteiger charge is 2.18. The number of hydrogen-bond donors (Lipinski definition) is 0. The van der Waals surface area contributed by atoms with Crippen LogP contribution in [0.1, 0.15) is 21.5 Å². The first-order valence-electron chi connectivity index (χ1n) is 8.53. The first-order chi connectivity index (χ1) is 13.2. The fraction of sp³-hybridized carbons (Fsp3) is 0.136. The van der Waals surface area contributed by atoms with E-state index in [9.17, 15) is 4.79 Å². The molecule has 0 unspecified atom stereocenters. The molecule has 3 aromatic carbocycles. The van der Waals surface area contributed by atoms with Crippen molar-refractivity contribution in [1.82, 2.24) is 5.06 Å². The zero-order valence-electron chi connectivity index (χ0n) is 15.0. The molecular weight excluding hydrogens is 406 g/mol. The molecule has 0 aromatic heterocycles. The van der Waals surface area contributed by atoms with E-state index >= 15 is 0 Å². The van der Waals surface area contributed by atoms with E-state index in [2.05, 4.69) is 15.9 Å². The highest BCUT2D eigenvalue weighted by atomic mass is 79.9. The van der Waals surface area contributed by atoms with Gasteiger partial charge in [-0.1, -0.05) is 58.4 Å². The number of hydroxylamine groups is 2. The number of benzene rings is 3. The van der Waals surface area contributed by atoms with Gasteiger partial charge in [0, 0.05) is 10.0 Å². The van der Waals surface area contributed by atoms with Crippen molar-refractivity contribution in [1.29, 1.82) is 0 Å². The van der Waals surface area contributed by atoms with Crippen LogP contribution in [-0.2, 0) is 18.0 Å². The van der Waals surface area contributed by atoms with Gasteiger partial charge in [-0.2, -0.15) is 0 Å². The highest BCUT2D eigenvalue weighted by molar-refractivity contribution is 9.10. The van der Waals surface area contributed by atoms with Crippen LogP contribution in [-0.4, -0.2) is 18.1 Å². The molecule has 0 saturated carbocycles. The van der Waals surface area contributed by atoms with Gasteiger partial charge < -0.3 is 4.74 Å². The molecule has 0 bridgehead atoms. The fourth-order valence-corrected chi connectivity index (χ4v) is 2.80. The van der Waals surface area contributed by atoms with Crippen molar-refractivity contribution in [2.24, 2.45) is 0 Å². The van der Waals surface area contributed by atoms with Crippen molar-refractivity contribution >= 4 is 21.8 Å². The van der Waals surface area contributed by atoms with Gasteiger partial charge in [-0.25, -0.2) is 5.06 Å². The molecule has 0 aliphatic carbocycles. The number of halogens is 1. The monoisotopic (exact) mass is 425 g/mol. The lowest BCUT2D eigenvalue weighted by atomic mass is 10.2. The SMILES string of the molecule is COc1ccc(C(=O)N(Cc2ccc(Br)cc2)OCc2ccccc2)cc1. The maximum Gasteiger partial charge on any atom is 0.277 e. The molecular formula is C22H20BrNO3. The Labute approximate surface area is 167 Å². The van der Waals surface area contributed by atoms with E-state index in [-0.39, 0.29) is 5.91 Å². The summed E-state index contributed by atoms with van der Waals surface area (Å²) in [7, 11) is 1.60. The number of hydrogen-bond acceptors (Lipinski definition) is 3. The molecule has 138 valence electrons. The minimum absolute atomic E-state index is 0.198. The van der Waals surface area contributed by atoms with Crippen molar-refractivity contribution in [3.8, 4) is 5.75 Å². The molecule has 0 heterocycles. The second kappa shape index (κ2) is 9.35. The Balaban J connectivity index is 1.78. The molecule has 0 aliphatic heterocycles. The summed E-state index contributed by atoms with van der Waals surface area (Å²) >= 11 is 3.43. The van der Waals surface area contributed by atoms with Gasteiger partial charge in [0.15, 0.2) is 0 Å². The number of rotatable bonds is 7. The third kappa shape index (κ3) is 5.42. The topological polar surface area (TPSA) is 38.8 Å². The maximum atomic E-state index is 13.0. The van der Waals surface area contributed by atoms with Gasteiger partial charge in [-0.15, -0.1) is 0 Å². The minimum Gasteiger partial charge on any atom is -0.497 e. The third-order valence-electron chi connectivity index (χ3n) is 4.03. The van der Waals surface area contributed by atoms with Crippen LogP contribution in [0.25, 0.3) is 0 Å². The minimum atomic E-state index is -0.198. The number of methoxy groups -OCH3 is 1. The van der Waals surface area contributed by atoms with Gasteiger partial charge in [0.25, 0.3) is 5.91 Å². The Morgan fingerprint density at radius 2 is 1.56 bits per heavy atom. The second-order valence-corrected chi connectivity index (χ2v) is 6.87. The Kier molecular flexibility index (Phi) is 6.63. The smallest absolute Gasteiger partial charge is 0.277 e. The van der Waals surface area contributed by atoms with Crippen molar-refractivity contribution in [2.45, 2.75) is 13.2 Å². The summed E-state index contributed by atoms with van der Waals surface area (Å²) in [6, 6.07) is 24.6. The van der Waals surface area contributed by atoms with Crippen LogP contribution in [0.5, 0.6) is 5.75 Å². The molecule has 3 aromatic rings. The Bertz CT molecular complexity index is 864. The van der Waals surface area contributed by atoms with Gasteiger partial charge in [0.1, 0.15) is 12.4 Å². The summed E-state index contributed by atoms with van der Waals surface area (Å²) in [4.78, 5) is 18.9. The zero-order chi connectivity index (χ0) is 19.1. The van der Waals surface area contributed by atoms with Crippen LogP contribution in [0.15, 0.2) is 83.3 Å². The number of nitrogens with zero attached hydrogens (tertiary/aromatic N) is 1. The Hall–Kier alpha value is -2.63. The molecule has 3 rings (SSSR count). The second-order valence-electron chi connectivity index (χ2n) is 5.96. The lowest BCUT2D eigenvalue weighted by Crippen LogP contribution is -2.30. The number of carbonyl (C=O) groups is 1. The van der Waals surface area contributed by atoms with E-state index in [1.807, 2.05) is 54.6 Å². The molecule has 0 aliphatic rings. The Morgan fingerprint density at radius 1 is 0.889 bits per heavy atom. The van der Waals surface area contributed by atoms with Crippen LogP contribution < -0.4 is 4.74 Å². The van der Waals surface area contributed by atoms with Crippen LogP contribution in [0.3, 0.4) is 0 Å². The lowest BCUT2D eigenvalue weighted by Gasteiger charge is -2.22. The average Bonchev–Trinajstić information content (AvgIpc) is 2.73. The Morgan fingerprint density at radius 3 is 2.19 bits per heavy atom. The highest BCUT2D eigenvalue weighted by Crippen LogP contribution is 2.17. The van der Waals surface area contributed by atoms with Crippen molar-refractivity contribution in [3.63, 3.8) is 0 Å². The molecule has 0 saturated heterocycles. The molecule has 0 atom stereocenters. The van der Waals surface area contributed by atoms with E-state index in [0.717, 1.165) is 15.6 Å². The standard InChI is InChI=1S/C22H20BrNO3/c1-26-21-13-9-19(10-14-21)22(25)24(15-17-7-11-20(23)12-8-17)27-16-18-5-3-2-4-6-18/h2-14H,15-16H2,1H3. The van der Waals surface area contributed by atoms with Crippen LogP contribution in [0, 0.1) is 0 Å². The van der Waals surface area contributed by atoms with Crippen LogP contribution in [0.2, 0.25) is 0 Å². The fourth-order valence-electron chi connectivity index (χ4n) is 2.54. The van der Waals surface area contributed by atoms with Gasteiger partial charge >= 0.3 is 0 Å². The average molecular weight is 426 g/mol. The van der Waals surface area contributed by atoms with E-state index in [0.29, 0.717) is 24.5 Å². The molecule has 0 radical (unpaired) electrons.